The number of aliphatic carboxylic acids is 1. The number of hydrogen-bond acceptors (Lipinski definition) is 5. The Morgan fingerprint density at radius 2 is 2.04 bits per heavy atom. The van der Waals surface area contributed by atoms with E-state index in [0.29, 0.717) is 31.5 Å². The normalized spacial score (nSPS) is 22.8. The molecule has 0 bridgehead atoms. The van der Waals surface area contributed by atoms with Crippen LogP contribution in [0.3, 0.4) is 0 Å². The summed E-state index contributed by atoms with van der Waals surface area (Å²) in [7, 11) is -3.62. The number of carbonyl (C=O) groups excluding carboxylic acids is 1. The summed E-state index contributed by atoms with van der Waals surface area (Å²) in [6.07, 6.45) is -0.506. The molecule has 1 aromatic carbocycles. The van der Waals surface area contributed by atoms with Crippen molar-refractivity contribution in [2.24, 2.45) is 0 Å². The summed E-state index contributed by atoms with van der Waals surface area (Å²) in [5.74, 6) is -1.39. The van der Waals surface area contributed by atoms with Crippen molar-refractivity contribution in [2.75, 3.05) is 18.0 Å². The van der Waals surface area contributed by atoms with Crippen LogP contribution in [0.5, 0.6) is 0 Å². The molecule has 1 amide bonds. The van der Waals surface area contributed by atoms with Gasteiger partial charge in [-0.25, -0.2) is 17.9 Å². The number of rotatable bonds is 5. The number of nitrogens with one attached hydrogen (secondary N) is 1. The van der Waals surface area contributed by atoms with Gasteiger partial charge in [-0.2, -0.15) is 0 Å². The van der Waals surface area contributed by atoms with Crippen LogP contribution in [0, 0.1) is 0 Å². The average Bonchev–Trinajstić information content (AvgIpc) is 3.21. The number of amides is 1. The lowest BCUT2D eigenvalue weighted by molar-refractivity contribution is -0.151. The molecule has 8 nitrogen and oxygen atoms in total. The Morgan fingerprint density at radius 3 is 2.68 bits per heavy atom. The van der Waals surface area contributed by atoms with Gasteiger partial charge in [-0.1, -0.05) is 13.0 Å². The van der Waals surface area contributed by atoms with Gasteiger partial charge in [0.1, 0.15) is 6.10 Å². The van der Waals surface area contributed by atoms with Crippen LogP contribution < -0.4 is 9.62 Å². The molecule has 1 fully saturated rings. The highest BCUT2D eigenvalue weighted by Gasteiger charge is 2.39. The minimum atomic E-state index is -3.62. The molecule has 0 spiro atoms. The second-order valence-electron chi connectivity index (χ2n) is 6.06. The molecule has 2 N–H and O–H groups in total. The average molecular weight is 368 g/mol. The Labute approximate surface area is 145 Å². The summed E-state index contributed by atoms with van der Waals surface area (Å²) in [6.45, 7) is 2.39. The molecule has 0 aliphatic carbocycles. The molecule has 2 aliphatic rings. The van der Waals surface area contributed by atoms with E-state index in [0.717, 1.165) is 5.56 Å². The first-order chi connectivity index (χ1) is 11.8. The van der Waals surface area contributed by atoms with Crippen molar-refractivity contribution in [1.82, 2.24) is 4.72 Å². The number of ether oxygens (including phenoxy) is 1. The van der Waals surface area contributed by atoms with Crippen LogP contribution in [0.4, 0.5) is 5.69 Å². The summed E-state index contributed by atoms with van der Waals surface area (Å²) < 4.78 is 32.1. The van der Waals surface area contributed by atoms with Gasteiger partial charge in [0.15, 0.2) is 6.10 Å². The highest BCUT2D eigenvalue weighted by atomic mass is 32.2. The van der Waals surface area contributed by atoms with Gasteiger partial charge in [0.2, 0.25) is 10.0 Å². The Hall–Kier alpha value is -1.97. The van der Waals surface area contributed by atoms with Gasteiger partial charge in [-0.15, -0.1) is 0 Å². The van der Waals surface area contributed by atoms with Crippen LogP contribution >= 0.6 is 0 Å². The van der Waals surface area contributed by atoms with E-state index in [2.05, 4.69) is 4.72 Å². The Bertz CT molecular complexity index is 807. The largest absolute Gasteiger partial charge is 0.479 e. The van der Waals surface area contributed by atoms with E-state index >= 15 is 0 Å². The second-order valence-corrected chi connectivity index (χ2v) is 7.83. The minimum Gasteiger partial charge on any atom is -0.479 e. The van der Waals surface area contributed by atoms with Gasteiger partial charge in [0.25, 0.3) is 5.91 Å². The van der Waals surface area contributed by atoms with E-state index < -0.39 is 28.2 Å². The fraction of sp³-hybridized carbons (Fsp3) is 0.500. The third-order valence-electron chi connectivity index (χ3n) is 4.43. The van der Waals surface area contributed by atoms with Crippen LogP contribution in [0.2, 0.25) is 0 Å². The lowest BCUT2D eigenvalue weighted by Crippen LogP contribution is -2.39. The molecule has 2 atom stereocenters. The van der Waals surface area contributed by atoms with Crippen molar-refractivity contribution in [3.05, 3.63) is 23.8 Å². The number of carboxylic acid groups (broad SMARTS) is 1. The van der Waals surface area contributed by atoms with E-state index in [4.69, 9.17) is 9.84 Å². The molecule has 136 valence electrons. The maximum absolute atomic E-state index is 12.7. The zero-order valence-electron chi connectivity index (χ0n) is 13.8. The molecule has 0 unspecified atom stereocenters. The van der Waals surface area contributed by atoms with Crippen molar-refractivity contribution < 1.29 is 27.9 Å². The maximum Gasteiger partial charge on any atom is 0.332 e. The molecular weight excluding hydrogens is 348 g/mol. The molecule has 3 rings (SSSR count). The van der Waals surface area contributed by atoms with Crippen LogP contribution in [-0.2, 0) is 30.8 Å². The zero-order chi connectivity index (χ0) is 18.2. The maximum atomic E-state index is 12.7. The summed E-state index contributed by atoms with van der Waals surface area (Å²) in [4.78, 5) is 25.3. The van der Waals surface area contributed by atoms with Crippen molar-refractivity contribution >= 4 is 27.6 Å². The van der Waals surface area contributed by atoms with Gasteiger partial charge in [-0.05, 0) is 37.0 Å². The molecule has 0 saturated carbocycles. The molecular formula is C16H20N2O6S. The highest BCUT2D eigenvalue weighted by molar-refractivity contribution is 7.89. The van der Waals surface area contributed by atoms with Gasteiger partial charge >= 0.3 is 5.97 Å². The van der Waals surface area contributed by atoms with Crippen LogP contribution in [-0.4, -0.2) is 50.7 Å². The molecule has 1 aromatic rings. The van der Waals surface area contributed by atoms with Crippen LogP contribution in [0.15, 0.2) is 23.1 Å². The van der Waals surface area contributed by atoms with Crippen molar-refractivity contribution in [1.29, 1.82) is 0 Å². The van der Waals surface area contributed by atoms with Gasteiger partial charge in [0, 0.05) is 18.8 Å². The van der Waals surface area contributed by atoms with E-state index in [1.807, 2.05) is 0 Å². The lowest BCUT2D eigenvalue weighted by atomic mass is 10.1. The Balaban J connectivity index is 1.84. The molecule has 25 heavy (non-hydrogen) atoms. The number of carbonyl (C=O) groups is 2. The van der Waals surface area contributed by atoms with Crippen LogP contribution in [0.25, 0.3) is 0 Å². The standard InChI is InChI=1S/C16H20N2O6S/c1-2-17-25(22,23)11-4-3-10-7-8-18(12(10)9-11)15(19)13-5-6-14(24-13)16(20)21/h3-4,9,13-14,17H,2,5-8H2,1H3,(H,20,21)/t13-,14+/m0/s1. The fourth-order valence-electron chi connectivity index (χ4n) is 3.20. The molecule has 9 heteroatoms. The first kappa shape index (κ1) is 17.8. The van der Waals surface area contributed by atoms with Crippen molar-refractivity contribution in [3.8, 4) is 0 Å². The molecule has 0 radical (unpaired) electrons. The number of hydrogen-bond donors (Lipinski definition) is 2. The highest BCUT2D eigenvalue weighted by Crippen LogP contribution is 2.33. The summed E-state index contributed by atoms with van der Waals surface area (Å²) in [5, 5.41) is 8.99. The minimum absolute atomic E-state index is 0.101. The van der Waals surface area contributed by atoms with Gasteiger partial charge < -0.3 is 14.7 Å². The quantitative estimate of drug-likeness (QED) is 0.783. The van der Waals surface area contributed by atoms with E-state index in [9.17, 15) is 18.0 Å². The topological polar surface area (TPSA) is 113 Å². The predicted octanol–water partition coefficient (Wildman–Crippen LogP) is 0.506. The van der Waals surface area contributed by atoms with E-state index in [1.54, 1.807) is 13.0 Å². The number of fused-ring (bicyclic) bond motifs is 1. The Morgan fingerprint density at radius 1 is 1.32 bits per heavy atom. The molecule has 0 aromatic heterocycles. The molecule has 2 heterocycles. The van der Waals surface area contributed by atoms with Crippen LogP contribution in [0.1, 0.15) is 25.3 Å². The number of nitrogens with zero attached hydrogens (tertiary/aromatic N) is 1. The summed E-state index contributed by atoms with van der Waals surface area (Å²) in [5.41, 5.74) is 1.43. The van der Waals surface area contributed by atoms with Gasteiger partial charge in [0.05, 0.1) is 4.90 Å². The number of anilines is 1. The number of sulfonamides is 1. The first-order valence-corrected chi connectivity index (χ1v) is 9.64. The lowest BCUT2D eigenvalue weighted by Gasteiger charge is -2.21. The predicted molar refractivity (Wildman–Crippen MR) is 88.9 cm³/mol. The Kier molecular flexibility index (Phi) is 4.81. The monoisotopic (exact) mass is 368 g/mol. The summed E-state index contributed by atoms with van der Waals surface area (Å²) in [6, 6.07) is 4.72. The third kappa shape index (κ3) is 3.39. The first-order valence-electron chi connectivity index (χ1n) is 8.15. The smallest absolute Gasteiger partial charge is 0.332 e. The van der Waals surface area contributed by atoms with Gasteiger partial charge in [-0.3, -0.25) is 4.79 Å². The second kappa shape index (κ2) is 6.74. The third-order valence-corrected chi connectivity index (χ3v) is 5.98. The van der Waals surface area contributed by atoms with E-state index in [-0.39, 0.29) is 17.3 Å². The SMILES string of the molecule is CCNS(=O)(=O)c1ccc2c(c1)N(C(=O)[C@@H]1CC[C@H](C(=O)O)O1)CC2. The zero-order valence-corrected chi connectivity index (χ0v) is 14.6. The van der Waals surface area contributed by atoms with E-state index in [1.165, 1.54) is 17.0 Å². The molecule has 2 aliphatic heterocycles. The summed E-state index contributed by atoms with van der Waals surface area (Å²) >= 11 is 0. The number of benzene rings is 1. The fourth-order valence-corrected chi connectivity index (χ4v) is 4.26. The number of carboxylic acids is 1. The molecule has 1 saturated heterocycles. The van der Waals surface area contributed by atoms with Crippen molar-refractivity contribution in [3.63, 3.8) is 0 Å². The van der Waals surface area contributed by atoms with Crippen molar-refractivity contribution in [2.45, 2.75) is 43.3 Å².